The highest BCUT2D eigenvalue weighted by Gasteiger charge is 2.38. The van der Waals surface area contributed by atoms with Crippen molar-refractivity contribution in [3.8, 4) is 11.3 Å². The van der Waals surface area contributed by atoms with Gasteiger partial charge in [-0.15, -0.1) is 0 Å². The molecule has 0 saturated heterocycles. The van der Waals surface area contributed by atoms with Gasteiger partial charge in [0.15, 0.2) is 0 Å². The average Bonchev–Trinajstić information content (AvgIpc) is 2.74. The molecule has 0 radical (unpaired) electrons. The number of hydrogen-bond donors (Lipinski definition) is 0. The van der Waals surface area contributed by atoms with E-state index in [2.05, 4.69) is 5.10 Å². The Balaban J connectivity index is 2.57. The summed E-state index contributed by atoms with van der Waals surface area (Å²) in [6.07, 6.45) is -4.44. The Morgan fingerprint density at radius 1 is 1.05 bits per heavy atom. The largest absolute Gasteiger partial charge is 0.433 e. The van der Waals surface area contributed by atoms with Crippen LogP contribution < -0.4 is 0 Å². The van der Waals surface area contributed by atoms with Crippen LogP contribution in [0.15, 0.2) is 30.3 Å². The number of halogens is 4. The number of benzene rings is 1. The second-order valence-corrected chi connectivity index (χ2v) is 5.94. The lowest BCUT2D eigenvalue weighted by Gasteiger charge is -2.23. The van der Waals surface area contributed by atoms with Gasteiger partial charge in [-0.3, -0.25) is 4.68 Å². The Morgan fingerprint density at radius 3 is 2.00 bits per heavy atom. The number of aromatic nitrogens is 2. The average molecular weight is 303 g/mol. The zero-order valence-electron chi connectivity index (χ0n) is 11.3. The van der Waals surface area contributed by atoms with Crippen LogP contribution in [0.3, 0.4) is 0 Å². The number of hydrogen-bond acceptors (Lipinski definition) is 1. The molecular formula is C14H14ClF3N2. The van der Waals surface area contributed by atoms with E-state index in [-0.39, 0.29) is 5.69 Å². The van der Waals surface area contributed by atoms with Crippen LogP contribution in [0.25, 0.3) is 11.3 Å². The molecule has 0 amide bonds. The summed E-state index contributed by atoms with van der Waals surface area (Å²) in [4.78, 5) is 0. The van der Waals surface area contributed by atoms with Crippen molar-refractivity contribution in [1.82, 2.24) is 9.78 Å². The van der Waals surface area contributed by atoms with Crippen molar-refractivity contribution < 1.29 is 13.2 Å². The van der Waals surface area contributed by atoms with E-state index in [1.165, 1.54) is 0 Å². The van der Waals surface area contributed by atoms with Crippen LogP contribution in [-0.2, 0) is 11.7 Å². The highest BCUT2D eigenvalue weighted by Crippen LogP contribution is 2.35. The molecular weight excluding hydrogens is 289 g/mol. The summed E-state index contributed by atoms with van der Waals surface area (Å²) in [6, 6.07) is 7.62. The van der Waals surface area contributed by atoms with Crippen LogP contribution in [0.1, 0.15) is 26.5 Å². The van der Waals surface area contributed by atoms with Gasteiger partial charge in [0.25, 0.3) is 0 Å². The fraction of sp³-hybridized carbons (Fsp3) is 0.357. The molecule has 0 aliphatic carbocycles. The monoisotopic (exact) mass is 302 g/mol. The second-order valence-electron chi connectivity index (χ2n) is 5.50. The fourth-order valence-electron chi connectivity index (χ4n) is 1.86. The maximum Gasteiger partial charge on any atom is 0.433 e. The van der Waals surface area contributed by atoms with Gasteiger partial charge in [-0.05, 0) is 39.0 Å². The third kappa shape index (κ3) is 2.98. The molecule has 6 heteroatoms. The summed E-state index contributed by atoms with van der Waals surface area (Å²) in [7, 11) is 0. The van der Waals surface area contributed by atoms with E-state index in [9.17, 15) is 13.2 Å². The van der Waals surface area contributed by atoms with Crippen molar-refractivity contribution >= 4 is 11.6 Å². The second kappa shape index (κ2) is 4.81. The first-order valence-corrected chi connectivity index (χ1v) is 6.40. The minimum absolute atomic E-state index is 0.281. The highest BCUT2D eigenvalue weighted by molar-refractivity contribution is 6.30. The first-order chi connectivity index (χ1) is 9.09. The van der Waals surface area contributed by atoms with Gasteiger partial charge < -0.3 is 0 Å². The maximum absolute atomic E-state index is 13.1. The SMILES string of the molecule is CC(C)(C)n1nc(-c2ccc(Cl)cc2)cc1C(F)(F)F. The highest BCUT2D eigenvalue weighted by atomic mass is 35.5. The maximum atomic E-state index is 13.1. The normalized spacial score (nSPS) is 12.8. The number of alkyl halides is 3. The van der Waals surface area contributed by atoms with E-state index in [1.54, 1.807) is 45.0 Å². The number of nitrogens with zero attached hydrogens (tertiary/aromatic N) is 2. The van der Waals surface area contributed by atoms with Crippen molar-refractivity contribution in [2.45, 2.75) is 32.5 Å². The molecule has 1 aromatic carbocycles. The summed E-state index contributed by atoms with van der Waals surface area (Å²) in [5, 5.41) is 4.63. The molecule has 0 atom stereocenters. The van der Waals surface area contributed by atoms with E-state index < -0.39 is 17.4 Å². The quantitative estimate of drug-likeness (QED) is 0.726. The molecule has 0 aliphatic heterocycles. The Bertz CT molecular complexity index is 575. The van der Waals surface area contributed by atoms with E-state index in [0.29, 0.717) is 10.6 Å². The standard InChI is InChI=1S/C14H14ClF3N2/c1-13(2,3)20-12(14(16,17)18)8-11(19-20)9-4-6-10(15)7-5-9/h4-8H,1-3H3. The van der Waals surface area contributed by atoms with E-state index in [1.807, 2.05) is 0 Å². The third-order valence-corrected chi connectivity index (χ3v) is 3.03. The van der Waals surface area contributed by atoms with Crippen molar-refractivity contribution in [1.29, 1.82) is 0 Å². The van der Waals surface area contributed by atoms with Crippen molar-refractivity contribution in [3.05, 3.63) is 41.0 Å². The summed E-state index contributed by atoms with van der Waals surface area (Å²) in [6.45, 7) is 5.04. The Kier molecular flexibility index (Phi) is 3.58. The Labute approximate surface area is 120 Å². The predicted octanol–water partition coefficient (Wildman–Crippen LogP) is 4.98. The zero-order chi connectivity index (χ0) is 15.1. The van der Waals surface area contributed by atoms with Gasteiger partial charge >= 0.3 is 6.18 Å². The molecule has 0 bridgehead atoms. The van der Waals surface area contributed by atoms with Gasteiger partial charge in [0, 0.05) is 10.6 Å². The molecule has 1 aromatic heterocycles. The molecule has 1 heterocycles. The fourth-order valence-corrected chi connectivity index (χ4v) is 1.98. The Morgan fingerprint density at radius 2 is 1.60 bits per heavy atom. The van der Waals surface area contributed by atoms with Gasteiger partial charge in [-0.2, -0.15) is 18.3 Å². The van der Waals surface area contributed by atoms with Gasteiger partial charge in [0.05, 0.1) is 11.2 Å². The molecule has 0 N–H and O–H groups in total. The molecule has 0 aliphatic rings. The van der Waals surface area contributed by atoms with Crippen LogP contribution in [0, 0.1) is 0 Å². The van der Waals surface area contributed by atoms with Crippen LogP contribution in [0.4, 0.5) is 13.2 Å². The first-order valence-electron chi connectivity index (χ1n) is 6.03. The topological polar surface area (TPSA) is 17.8 Å². The molecule has 0 spiro atoms. The lowest BCUT2D eigenvalue weighted by Crippen LogP contribution is -2.28. The third-order valence-electron chi connectivity index (χ3n) is 2.78. The summed E-state index contributed by atoms with van der Waals surface area (Å²) in [5.74, 6) is 0. The molecule has 2 nitrogen and oxygen atoms in total. The number of rotatable bonds is 1. The van der Waals surface area contributed by atoms with E-state index in [4.69, 9.17) is 11.6 Å². The lowest BCUT2D eigenvalue weighted by molar-refractivity contribution is -0.146. The molecule has 2 rings (SSSR count). The van der Waals surface area contributed by atoms with Crippen molar-refractivity contribution in [3.63, 3.8) is 0 Å². The molecule has 20 heavy (non-hydrogen) atoms. The van der Waals surface area contributed by atoms with Crippen molar-refractivity contribution in [2.24, 2.45) is 0 Å². The van der Waals surface area contributed by atoms with Gasteiger partial charge in [-0.25, -0.2) is 0 Å². The summed E-state index contributed by atoms with van der Waals surface area (Å²) < 4.78 is 40.3. The summed E-state index contributed by atoms with van der Waals surface area (Å²) >= 11 is 5.78. The van der Waals surface area contributed by atoms with Crippen LogP contribution in [0.5, 0.6) is 0 Å². The van der Waals surface area contributed by atoms with Crippen molar-refractivity contribution in [2.75, 3.05) is 0 Å². The predicted molar refractivity (Wildman–Crippen MR) is 72.7 cm³/mol. The van der Waals surface area contributed by atoms with Gasteiger partial charge in [0.1, 0.15) is 5.69 Å². The lowest BCUT2D eigenvalue weighted by atomic mass is 10.1. The van der Waals surface area contributed by atoms with Gasteiger partial charge in [0.2, 0.25) is 0 Å². The zero-order valence-corrected chi connectivity index (χ0v) is 12.0. The van der Waals surface area contributed by atoms with E-state index in [0.717, 1.165) is 10.7 Å². The van der Waals surface area contributed by atoms with Crippen LogP contribution in [0.2, 0.25) is 5.02 Å². The molecule has 0 unspecified atom stereocenters. The molecule has 2 aromatic rings. The van der Waals surface area contributed by atoms with Crippen LogP contribution in [-0.4, -0.2) is 9.78 Å². The molecule has 108 valence electrons. The van der Waals surface area contributed by atoms with Crippen LogP contribution >= 0.6 is 11.6 Å². The molecule has 0 saturated carbocycles. The van der Waals surface area contributed by atoms with E-state index >= 15 is 0 Å². The minimum atomic E-state index is -4.44. The van der Waals surface area contributed by atoms with Gasteiger partial charge in [-0.1, -0.05) is 23.7 Å². The summed E-state index contributed by atoms with van der Waals surface area (Å²) in [5.41, 5.74) is -0.628. The minimum Gasteiger partial charge on any atom is -0.255 e. The Hall–Kier alpha value is -1.49. The smallest absolute Gasteiger partial charge is 0.255 e. The first kappa shape index (κ1) is 14.9. The molecule has 0 fully saturated rings.